The number of carbonyl (C=O) groups is 1. The monoisotopic (exact) mass is 212 g/mol. The van der Waals surface area contributed by atoms with Gasteiger partial charge in [0.05, 0.1) is 10.7 Å². The Hall–Kier alpha value is -1.06. The van der Waals surface area contributed by atoms with Crippen molar-refractivity contribution in [3.05, 3.63) is 28.8 Å². The number of nitrogens with two attached hydrogens (primary N) is 1. The molecule has 0 radical (unpaired) electrons. The molecule has 0 saturated heterocycles. The molecule has 4 heteroatoms. The molecule has 0 aliphatic rings. The van der Waals surface area contributed by atoms with Gasteiger partial charge in [-0.1, -0.05) is 11.6 Å². The molecule has 0 bridgehead atoms. The first-order valence-electron chi connectivity index (χ1n) is 4.38. The molecule has 76 valence electrons. The molecular formula is C10H13ClN2O. The van der Waals surface area contributed by atoms with Crippen molar-refractivity contribution in [3.8, 4) is 0 Å². The van der Waals surface area contributed by atoms with Crippen LogP contribution in [0.2, 0.25) is 5.02 Å². The van der Waals surface area contributed by atoms with Crippen molar-refractivity contribution in [1.29, 1.82) is 0 Å². The SMILES string of the molecule is CNCCC(=O)c1ccc(Cl)c(N)c1. The summed E-state index contributed by atoms with van der Waals surface area (Å²) < 4.78 is 0. The molecule has 0 aliphatic heterocycles. The second kappa shape index (κ2) is 4.98. The highest BCUT2D eigenvalue weighted by atomic mass is 35.5. The lowest BCUT2D eigenvalue weighted by molar-refractivity contribution is 0.0983. The van der Waals surface area contributed by atoms with Gasteiger partial charge in [-0.3, -0.25) is 4.79 Å². The van der Waals surface area contributed by atoms with Crippen LogP contribution in [0.15, 0.2) is 18.2 Å². The summed E-state index contributed by atoms with van der Waals surface area (Å²) in [5.74, 6) is 0.0720. The fourth-order valence-corrected chi connectivity index (χ4v) is 1.22. The van der Waals surface area contributed by atoms with Crippen LogP contribution < -0.4 is 11.1 Å². The summed E-state index contributed by atoms with van der Waals surface area (Å²) in [6.07, 6.45) is 0.470. The average Bonchev–Trinajstić information content (AvgIpc) is 2.18. The van der Waals surface area contributed by atoms with Crippen LogP contribution in [0.5, 0.6) is 0 Å². The quantitative estimate of drug-likeness (QED) is 0.590. The highest BCUT2D eigenvalue weighted by Gasteiger charge is 2.06. The number of hydrogen-bond acceptors (Lipinski definition) is 3. The Kier molecular flexibility index (Phi) is 3.92. The summed E-state index contributed by atoms with van der Waals surface area (Å²) >= 11 is 5.74. The first-order valence-corrected chi connectivity index (χ1v) is 4.75. The molecule has 0 amide bonds. The van der Waals surface area contributed by atoms with E-state index in [1.165, 1.54) is 0 Å². The molecule has 0 aliphatic carbocycles. The maximum absolute atomic E-state index is 11.5. The van der Waals surface area contributed by atoms with E-state index < -0.39 is 0 Å². The Bertz CT molecular complexity index is 339. The van der Waals surface area contributed by atoms with Crippen molar-refractivity contribution < 1.29 is 4.79 Å². The Labute approximate surface area is 88.2 Å². The highest BCUT2D eigenvalue weighted by Crippen LogP contribution is 2.20. The first kappa shape index (κ1) is 11.0. The molecule has 1 aromatic rings. The number of halogens is 1. The van der Waals surface area contributed by atoms with Gasteiger partial charge in [-0.25, -0.2) is 0 Å². The van der Waals surface area contributed by atoms with E-state index in [-0.39, 0.29) is 5.78 Å². The van der Waals surface area contributed by atoms with Crippen molar-refractivity contribution in [2.24, 2.45) is 0 Å². The fraction of sp³-hybridized carbons (Fsp3) is 0.300. The van der Waals surface area contributed by atoms with Gasteiger partial charge in [-0.2, -0.15) is 0 Å². The number of ketones is 1. The van der Waals surface area contributed by atoms with Crippen molar-refractivity contribution >= 4 is 23.1 Å². The van der Waals surface area contributed by atoms with Crippen LogP contribution in [0.1, 0.15) is 16.8 Å². The zero-order valence-corrected chi connectivity index (χ0v) is 8.77. The number of Topliss-reactive ketones (excluding diaryl/α,β-unsaturated/α-hetero) is 1. The minimum atomic E-state index is 0.0720. The average molecular weight is 213 g/mol. The Morgan fingerprint density at radius 2 is 2.29 bits per heavy atom. The lowest BCUT2D eigenvalue weighted by Gasteiger charge is -2.03. The van der Waals surface area contributed by atoms with Crippen LogP contribution in [0, 0.1) is 0 Å². The Morgan fingerprint density at radius 1 is 1.57 bits per heavy atom. The van der Waals surface area contributed by atoms with Gasteiger partial charge in [-0.15, -0.1) is 0 Å². The predicted molar refractivity (Wildman–Crippen MR) is 58.7 cm³/mol. The van der Waals surface area contributed by atoms with Crippen LogP contribution in [-0.2, 0) is 0 Å². The van der Waals surface area contributed by atoms with Crippen molar-refractivity contribution in [1.82, 2.24) is 5.32 Å². The van der Waals surface area contributed by atoms with E-state index in [0.717, 1.165) is 0 Å². The summed E-state index contributed by atoms with van der Waals surface area (Å²) in [4.78, 5) is 11.5. The number of nitrogens with one attached hydrogen (secondary N) is 1. The van der Waals surface area contributed by atoms with Gasteiger partial charge in [0, 0.05) is 18.5 Å². The summed E-state index contributed by atoms with van der Waals surface area (Å²) in [5, 5.41) is 3.40. The van der Waals surface area contributed by atoms with Gasteiger partial charge >= 0.3 is 0 Å². The molecule has 1 aromatic carbocycles. The number of nitrogen functional groups attached to an aromatic ring is 1. The van der Waals surface area contributed by atoms with E-state index in [1.54, 1.807) is 18.2 Å². The molecule has 14 heavy (non-hydrogen) atoms. The van der Waals surface area contributed by atoms with Gasteiger partial charge in [-0.05, 0) is 25.2 Å². The lowest BCUT2D eigenvalue weighted by Crippen LogP contribution is -2.13. The normalized spacial score (nSPS) is 10.1. The van der Waals surface area contributed by atoms with Crippen LogP contribution in [0.25, 0.3) is 0 Å². The second-order valence-electron chi connectivity index (χ2n) is 3.01. The summed E-state index contributed by atoms with van der Waals surface area (Å²) in [7, 11) is 1.81. The van der Waals surface area contributed by atoms with Crippen molar-refractivity contribution in [2.45, 2.75) is 6.42 Å². The molecule has 0 spiro atoms. The zero-order chi connectivity index (χ0) is 10.6. The second-order valence-corrected chi connectivity index (χ2v) is 3.42. The molecule has 1 rings (SSSR count). The maximum atomic E-state index is 11.5. The number of benzene rings is 1. The Morgan fingerprint density at radius 3 is 2.86 bits per heavy atom. The first-order chi connectivity index (χ1) is 6.65. The van der Waals surface area contributed by atoms with Gasteiger partial charge in [0.25, 0.3) is 0 Å². The number of hydrogen-bond donors (Lipinski definition) is 2. The van der Waals surface area contributed by atoms with Gasteiger partial charge in [0.2, 0.25) is 0 Å². The van der Waals surface area contributed by atoms with Crippen molar-refractivity contribution in [3.63, 3.8) is 0 Å². The van der Waals surface area contributed by atoms with E-state index in [0.29, 0.717) is 29.2 Å². The third kappa shape index (κ3) is 2.72. The van der Waals surface area contributed by atoms with Crippen LogP contribution in [0.3, 0.4) is 0 Å². The number of carbonyl (C=O) groups excluding carboxylic acids is 1. The molecule has 0 atom stereocenters. The lowest BCUT2D eigenvalue weighted by atomic mass is 10.1. The maximum Gasteiger partial charge on any atom is 0.164 e. The molecule has 0 aromatic heterocycles. The van der Waals surface area contributed by atoms with Crippen molar-refractivity contribution in [2.75, 3.05) is 19.3 Å². The van der Waals surface area contributed by atoms with Gasteiger partial charge in [0.1, 0.15) is 0 Å². The van der Waals surface area contributed by atoms with E-state index in [2.05, 4.69) is 5.32 Å². The van der Waals surface area contributed by atoms with Gasteiger partial charge in [0.15, 0.2) is 5.78 Å². The standard InChI is InChI=1S/C10H13ClN2O/c1-13-5-4-10(14)7-2-3-8(11)9(12)6-7/h2-3,6,13H,4-5,12H2,1H3. The molecule has 3 N–H and O–H groups in total. The molecule has 0 saturated carbocycles. The van der Waals surface area contributed by atoms with Crippen LogP contribution in [0.4, 0.5) is 5.69 Å². The van der Waals surface area contributed by atoms with E-state index in [1.807, 2.05) is 7.05 Å². The Balaban J connectivity index is 2.76. The number of rotatable bonds is 4. The number of anilines is 1. The molecular weight excluding hydrogens is 200 g/mol. The third-order valence-electron chi connectivity index (χ3n) is 1.92. The summed E-state index contributed by atoms with van der Waals surface area (Å²) in [6, 6.07) is 4.94. The smallest absolute Gasteiger partial charge is 0.164 e. The fourth-order valence-electron chi connectivity index (χ4n) is 1.10. The highest BCUT2D eigenvalue weighted by molar-refractivity contribution is 6.33. The predicted octanol–water partition coefficient (Wildman–Crippen LogP) is 1.71. The van der Waals surface area contributed by atoms with E-state index in [4.69, 9.17) is 17.3 Å². The van der Waals surface area contributed by atoms with Gasteiger partial charge < -0.3 is 11.1 Å². The molecule has 0 fully saturated rings. The third-order valence-corrected chi connectivity index (χ3v) is 2.26. The topological polar surface area (TPSA) is 55.1 Å². The minimum absolute atomic E-state index is 0.0720. The van der Waals surface area contributed by atoms with Crippen LogP contribution in [-0.4, -0.2) is 19.4 Å². The molecule has 0 heterocycles. The van der Waals surface area contributed by atoms with E-state index in [9.17, 15) is 4.79 Å². The van der Waals surface area contributed by atoms with Crippen LogP contribution >= 0.6 is 11.6 Å². The van der Waals surface area contributed by atoms with E-state index >= 15 is 0 Å². The zero-order valence-electron chi connectivity index (χ0n) is 8.01. The minimum Gasteiger partial charge on any atom is -0.398 e. The summed E-state index contributed by atoms with van der Waals surface area (Å²) in [5.41, 5.74) is 6.65. The largest absolute Gasteiger partial charge is 0.398 e. The summed E-state index contributed by atoms with van der Waals surface area (Å²) in [6.45, 7) is 0.668. The molecule has 3 nitrogen and oxygen atoms in total. The molecule has 0 unspecified atom stereocenters.